The number of thiophene rings is 1. The van der Waals surface area contributed by atoms with Crippen LogP contribution in [0.15, 0.2) is 42.5 Å². The highest BCUT2D eigenvalue weighted by Gasteiger charge is 2.34. The summed E-state index contributed by atoms with van der Waals surface area (Å²) in [7, 11) is 0. The van der Waals surface area contributed by atoms with Crippen molar-refractivity contribution in [2.24, 2.45) is 0 Å². The van der Waals surface area contributed by atoms with Crippen LogP contribution in [0.5, 0.6) is 0 Å². The maximum absolute atomic E-state index is 13.1. The molecule has 3 rings (SSSR count). The lowest BCUT2D eigenvalue weighted by molar-refractivity contribution is -0.141. The lowest BCUT2D eigenvalue weighted by Crippen LogP contribution is -2.43. The quantitative estimate of drug-likeness (QED) is 0.644. The first-order chi connectivity index (χ1) is 13.1. The Morgan fingerprint density at radius 3 is 2.37 bits per heavy atom. The van der Waals surface area contributed by atoms with E-state index in [-0.39, 0.29) is 24.4 Å². The summed E-state index contributed by atoms with van der Waals surface area (Å²) in [5, 5.41) is 0. The molecule has 5 heteroatoms. The molecule has 1 saturated carbocycles. The first kappa shape index (κ1) is 19.6. The van der Waals surface area contributed by atoms with E-state index >= 15 is 0 Å². The van der Waals surface area contributed by atoms with Crippen LogP contribution in [-0.2, 0) is 22.7 Å². The second-order valence-electron chi connectivity index (χ2n) is 7.25. The maximum Gasteiger partial charge on any atom is 0.242 e. The fourth-order valence-corrected chi connectivity index (χ4v) is 4.11. The molecule has 0 atom stereocenters. The molecule has 1 aromatic carbocycles. The van der Waals surface area contributed by atoms with Gasteiger partial charge in [-0.15, -0.1) is 11.3 Å². The predicted octanol–water partition coefficient (Wildman–Crippen LogP) is 4.38. The largest absolute Gasteiger partial charge is 0.332 e. The average Bonchev–Trinajstić information content (AvgIpc) is 3.42. The van der Waals surface area contributed by atoms with Crippen LogP contribution in [0.3, 0.4) is 0 Å². The maximum atomic E-state index is 13.1. The molecule has 0 bridgehead atoms. The standard InChI is InChI=1S/C22H28N2O2S/c1-3-7-21(25)24(19-11-12-19)16-22(26)23(14-18-8-5-4-6-9-18)15-20-13-10-17(2)27-20/h4-6,8-10,13,19H,3,7,11-12,14-16H2,1-2H3. The van der Waals surface area contributed by atoms with Crippen LogP contribution in [0.4, 0.5) is 0 Å². The van der Waals surface area contributed by atoms with Gasteiger partial charge in [0.1, 0.15) is 6.54 Å². The van der Waals surface area contributed by atoms with Crippen LogP contribution in [0.2, 0.25) is 0 Å². The molecule has 144 valence electrons. The van der Waals surface area contributed by atoms with E-state index in [2.05, 4.69) is 19.1 Å². The summed E-state index contributed by atoms with van der Waals surface area (Å²) in [5.41, 5.74) is 1.11. The van der Waals surface area contributed by atoms with Crippen LogP contribution in [-0.4, -0.2) is 34.2 Å². The third-order valence-electron chi connectivity index (χ3n) is 4.79. The molecule has 0 unspecified atom stereocenters. The van der Waals surface area contributed by atoms with E-state index in [9.17, 15) is 9.59 Å². The zero-order chi connectivity index (χ0) is 19.2. The predicted molar refractivity (Wildman–Crippen MR) is 109 cm³/mol. The minimum Gasteiger partial charge on any atom is -0.332 e. The van der Waals surface area contributed by atoms with E-state index in [1.165, 1.54) is 9.75 Å². The van der Waals surface area contributed by atoms with Crippen molar-refractivity contribution in [2.75, 3.05) is 6.54 Å². The Hall–Kier alpha value is -2.14. The van der Waals surface area contributed by atoms with E-state index in [1.807, 2.05) is 47.1 Å². The van der Waals surface area contributed by atoms with Crippen LogP contribution < -0.4 is 0 Å². The number of rotatable bonds is 9. The van der Waals surface area contributed by atoms with Crippen molar-refractivity contribution in [1.82, 2.24) is 9.80 Å². The summed E-state index contributed by atoms with van der Waals surface area (Å²) >= 11 is 1.72. The van der Waals surface area contributed by atoms with E-state index in [0.29, 0.717) is 19.5 Å². The molecule has 1 fully saturated rings. The molecule has 1 aromatic heterocycles. The number of carbonyl (C=O) groups excluding carboxylic acids is 2. The lowest BCUT2D eigenvalue weighted by atomic mass is 10.2. The summed E-state index contributed by atoms with van der Waals surface area (Å²) in [6, 6.07) is 14.5. The number of carbonyl (C=O) groups is 2. The molecule has 0 radical (unpaired) electrons. The van der Waals surface area contributed by atoms with Crippen LogP contribution in [0.1, 0.15) is 47.9 Å². The second kappa shape index (κ2) is 9.18. The topological polar surface area (TPSA) is 40.6 Å². The summed E-state index contributed by atoms with van der Waals surface area (Å²) < 4.78 is 0. The fourth-order valence-electron chi connectivity index (χ4n) is 3.20. The Bertz CT molecular complexity index is 768. The molecule has 0 saturated heterocycles. The van der Waals surface area contributed by atoms with Crippen LogP contribution >= 0.6 is 11.3 Å². The van der Waals surface area contributed by atoms with Gasteiger partial charge in [0.2, 0.25) is 11.8 Å². The van der Waals surface area contributed by atoms with Gasteiger partial charge >= 0.3 is 0 Å². The van der Waals surface area contributed by atoms with Crippen molar-refractivity contribution in [3.63, 3.8) is 0 Å². The molecular formula is C22H28N2O2S. The van der Waals surface area contributed by atoms with Gasteiger partial charge in [-0.1, -0.05) is 37.3 Å². The normalized spacial score (nSPS) is 13.4. The van der Waals surface area contributed by atoms with Gasteiger partial charge in [-0.05, 0) is 43.9 Å². The second-order valence-corrected chi connectivity index (χ2v) is 8.62. The van der Waals surface area contributed by atoms with Gasteiger partial charge in [-0.25, -0.2) is 0 Å². The lowest BCUT2D eigenvalue weighted by Gasteiger charge is -2.27. The van der Waals surface area contributed by atoms with Crippen molar-refractivity contribution in [3.8, 4) is 0 Å². The monoisotopic (exact) mass is 384 g/mol. The molecule has 2 amide bonds. The minimum absolute atomic E-state index is 0.0289. The smallest absolute Gasteiger partial charge is 0.242 e. The molecule has 1 heterocycles. The molecule has 2 aromatic rings. The van der Waals surface area contributed by atoms with Gasteiger partial charge in [0, 0.05) is 28.8 Å². The van der Waals surface area contributed by atoms with E-state index in [1.54, 1.807) is 11.3 Å². The third kappa shape index (κ3) is 5.67. The van der Waals surface area contributed by atoms with E-state index in [0.717, 1.165) is 24.8 Å². The Morgan fingerprint density at radius 1 is 1.04 bits per heavy atom. The van der Waals surface area contributed by atoms with Crippen LogP contribution in [0, 0.1) is 6.92 Å². The van der Waals surface area contributed by atoms with Gasteiger partial charge in [0.15, 0.2) is 0 Å². The molecule has 0 spiro atoms. The van der Waals surface area contributed by atoms with Crippen molar-refractivity contribution in [1.29, 1.82) is 0 Å². The van der Waals surface area contributed by atoms with Gasteiger partial charge in [-0.2, -0.15) is 0 Å². The van der Waals surface area contributed by atoms with E-state index < -0.39 is 0 Å². The zero-order valence-electron chi connectivity index (χ0n) is 16.2. The van der Waals surface area contributed by atoms with Gasteiger partial charge < -0.3 is 9.80 Å². The number of hydrogen-bond donors (Lipinski definition) is 0. The Balaban J connectivity index is 1.73. The molecule has 27 heavy (non-hydrogen) atoms. The first-order valence-corrected chi connectivity index (χ1v) is 10.5. The molecule has 0 N–H and O–H groups in total. The number of nitrogens with zero attached hydrogens (tertiary/aromatic N) is 2. The first-order valence-electron chi connectivity index (χ1n) is 9.73. The van der Waals surface area contributed by atoms with Crippen LogP contribution in [0.25, 0.3) is 0 Å². The summed E-state index contributed by atoms with van der Waals surface area (Å²) in [4.78, 5) is 31.7. The summed E-state index contributed by atoms with van der Waals surface area (Å²) in [6.07, 6.45) is 3.38. The van der Waals surface area contributed by atoms with E-state index in [4.69, 9.17) is 0 Å². The highest BCUT2D eigenvalue weighted by atomic mass is 32.1. The SMILES string of the molecule is CCCC(=O)N(CC(=O)N(Cc1ccccc1)Cc1ccc(C)s1)C1CC1. The minimum atomic E-state index is 0.0289. The van der Waals surface area contributed by atoms with Crippen molar-refractivity contribution >= 4 is 23.2 Å². The van der Waals surface area contributed by atoms with Gasteiger partial charge in [-0.3, -0.25) is 9.59 Å². The van der Waals surface area contributed by atoms with Crippen molar-refractivity contribution in [2.45, 2.75) is 58.7 Å². The zero-order valence-corrected chi connectivity index (χ0v) is 17.0. The molecule has 0 aliphatic heterocycles. The average molecular weight is 385 g/mol. The Kier molecular flexibility index (Phi) is 6.67. The summed E-state index contributed by atoms with van der Waals surface area (Å²) in [6.45, 7) is 5.44. The highest BCUT2D eigenvalue weighted by molar-refractivity contribution is 7.11. The highest BCUT2D eigenvalue weighted by Crippen LogP contribution is 2.28. The van der Waals surface area contributed by atoms with Crippen molar-refractivity contribution in [3.05, 3.63) is 57.8 Å². The molecule has 1 aliphatic carbocycles. The summed E-state index contributed by atoms with van der Waals surface area (Å²) in [5.74, 6) is 0.140. The number of hydrogen-bond acceptors (Lipinski definition) is 3. The molecule has 4 nitrogen and oxygen atoms in total. The Morgan fingerprint density at radius 2 is 1.78 bits per heavy atom. The Labute approximate surface area is 165 Å². The number of aryl methyl sites for hydroxylation is 1. The van der Waals surface area contributed by atoms with Crippen molar-refractivity contribution < 1.29 is 9.59 Å². The fraction of sp³-hybridized carbons (Fsp3) is 0.455. The third-order valence-corrected chi connectivity index (χ3v) is 5.77. The molecular weight excluding hydrogens is 356 g/mol. The number of benzene rings is 1. The number of amides is 2. The molecule has 1 aliphatic rings. The van der Waals surface area contributed by atoms with Gasteiger partial charge in [0.05, 0.1) is 6.54 Å². The van der Waals surface area contributed by atoms with Gasteiger partial charge in [0.25, 0.3) is 0 Å².